The van der Waals surface area contributed by atoms with Gasteiger partial charge >= 0.3 is 0 Å². The first kappa shape index (κ1) is 14.6. The van der Waals surface area contributed by atoms with Crippen molar-refractivity contribution in [2.24, 2.45) is 11.7 Å². The maximum Gasteiger partial charge on any atom is 0.226 e. The molecule has 1 saturated carbocycles. The second-order valence-electron chi connectivity index (χ2n) is 6.54. The minimum atomic E-state index is 0.0637. The van der Waals surface area contributed by atoms with Crippen LogP contribution >= 0.6 is 0 Å². The molecule has 3 nitrogen and oxygen atoms in total. The largest absolute Gasteiger partial charge is 0.324 e. The smallest absolute Gasteiger partial charge is 0.226 e. The molecule has 0 bridgehead atoms. The molecule has 0 aromatic heterocycles. The van der Waals surface area contributed by atoms with Crippen molar-refractivity contribution in [3.8, 4) is 0 Å². The molecule has 1 aliphatic carbocycles. The molecule has 1 aromatic carbocycles. The summed E-state index contributed by atoms with van der Waals surface area (Å²) < 4.78 is 0. The van der Waals surface area contributed by atoms with Crippen LogP contribution in [0.2, 0.25) is 0 Å². The van der Waals surface area contributed by atoms with E-state index in [2.05, 4.69) is 6.07 Å². The molecular weight excluding hydrogens is 260 g/mol. The fourth-order valence-electron chi connectivity index (χ4n) is 3.81. The summed E-state index contributed by atoms with van der Waals surface area (Å²) >= 11 is 0. The predicted molar refractivity (Wildman–Crippen MR) is 86.1 cm³/mol. The van der Waals surface area contributed by atoms with E-state index >= 15 is 0 Å². The zero-order valence-electron chi connectivity index (χ0n) is 12.8. The maximum absolute atomic E-state index is 12.7. The second-order valence-corrected chi connectivity index (χ2v) is 6.54. The van der Waals surface area contributed by atoms with E-state index in [0.29, 0.717) is 6.42 Å². The fourth-order valence-corrected chi connectivity index (χ4v) is 3.81. The van der Waals surface area contributed by atoms with Crippen molar-refractivity contribution in [2.45, 2.75) is 57.4 Å². The lowest BCUT2D eigenvalue weighted by Crippen LogP contribution is -2.31. The van der Waals surface area contributed by atoms with E-state index < -0.39 is 0 Å². The number of anilines is 1. The van der Waals surface area contributed by atoms with Crippen LogP contribution in [0.25, 0.3) is 0 Å². The normalized spacial score (nSPS) is 22.9. The average molecular weight is 286 g/mol. The molecule has 1 amide bonds. The number of carbonyl (C=O) groups is 1. The molecule has 1 heterocycles. The number of benzene rings is 1. The van der Waals surface area contributed by atoms with Crippen molar-refractivity contribution >= 4 is 11.6 Å². The highest BCUT2D eigenvalue weighted by molar-refractivity contribution is 5.94. The summed E-state index contributed by atoms with van der Waals surface area (Å²) in [6, 6.07) is 8.21. The second kappa shape index (κ2) is 6.61. The third kappa shape index (κ3) is 3.29. The van der Waals surface area contributed by atoms with Crippen molar-refractivity contribution in [3.63, 3.8) is 0 Å². The van der Waals surface area contributed by atoms with Gasteiger partial charge in [0.25, 0.3) is 0 Å². The third-order valence-electron chi connectivity index (χ3n) is 5.07. The molecule has 1 atom stereocenters. The molecule has 1 aliphatic heterocycles. The van der Waals surface area contributed by atoms with Gasteiger partial charge < -0.3 is 10.6 Å². The highest BCUT2D eigenvalue weighted by atomic mass is 16.2. The van der Waals surface area contributed by atoms with E-state index in [1.54, 1.807) is 0 Å². The standard InChI is InChI=1S/C18H26N2O/c19-16-9-5-13-20(17-10-4-3-8-15(16)17)18(21)12-11-14-6-1-2-7-14/h3-4,8,10,14,16H,1-2,5-7,9,11-13,19H2. The van der Waals surface area contributed by atoms with E-state index in [9.17, 15) is 4.79 Å². The van der Waals surface area contributed by atoms with Gasteiger partial charge in [-0.15, -0.1) is 0 Å². The lowest BCUT2D eigenvalue weighted by molar-refractivity contribution is -0.118. The molecule has 0 radical (unpaired) electrons. The Balaban J connectivity index is 1.71. The lowest BCUT2D eigenvalue weighted by Gasteiger charge is -2.24. The number of fused-ring (bicyclic) bond motifs is 1. The molecule has 114 valence electrons. The van der Waals surface area contributed by atoms with Gasteiger partial charge in [-0.3, -0.25) is 4.79 Å². The van der Waals surface area contributed by atoms with Crippen molar-refractivity contribution < 1.29 is 4.79 Å². The highest BCUT2D eigenvalue weighted by Crippen LogP contribution is 2.33. The average Bonchev–Trinajstić information content (AvgIpc) is 2.96. The number of carbonyl (C=O) groups excluding carboxylic acids is 1. The summed E-state index contributed by atoms with van der Waals surface area (Å²) in [5.41, 5.74) is 8.41. The minimum Gasteiger partial charge on any atom is -0.324 e. The number of rotatable bonds is 3. The van der Waals surface area contributed by atoms with Crippen LogP contribution in [-0.2, 0) is 4.79 Å². The van der Waals surface area contributed by atoms with Gasteiger partial charge in [-0.1, -0.05) is 43.9 Å². The Labute approximate surface area is 127 Å². The molecule has 0 saturated heterocycles. The number of nitrogens with two attached hydrogens (primary N) is 1. The Kier molecular flexibility index (Phi) is 4.59. The van der Waals surface area contributed by atoms with Crippen LogP contribution in [0, 0.1) is 5.92 Å². The Morgan fingerprint density at radius 2 is 1.90 bits per heavy atom. The molecule has 3 rings (SSSR count). The van der Waals surface area contributed by atoms with Gasteiger partial charge in [-0.2, -0.15) is 0 Å². The van der Waals surface area contributed by atoms with Crippen LogP contribution in [0.4, 0.5) is 5.69 Å². The minimum absolute atomic E-state index is 0.0637. The molecule has 21 heavy (non-hydrogen) atoms. The van der Waals surface area contributed by atoms with Gasteiger partial charge in [0.2, 0.25) is 5.91 Å². The van der Waals surface area contributed by atoms with Crippen molar-refractivity contribution in [2.75, 3.05) is 11.4 Å². The molecule has 1 unspecified atom stereocenters. The zero-order valence-corrected chi connectivity index (χ0v) is 12.8. The molecule has 2 aliphatic rings. The van der Waals surface area contributed by atoms with Gasteiger partial charge in [-0.05, 0) is 36.8 Å². The van der Waals surface area contributed by atoms with Crippen molar-refractivity contribution in [1.29, 1.82) is 0 Å². The number of amides is 1. The molecule has 3 heteroatoms. The number of hydrogen-bond donors (Lipinski definition) is 1. The van der Waals surface area contributed by atoms with Crippen LogP contribution in [-0.4, -0.2) is 12.5 Å². The number of nitrogens with zero attached hydrogens (tertiary/aromatic N) is 1. The number of para-hydroxylation sites is 1. The van der Waals surface area contributed by atoms with Crippen molar-refractivity contribution in [1.82, 2.24) is 0 Å². The summed E-state index contributed by atoms with van der Waals surface area (Å²) in [5, 5.41) is 0. The third-order valence-corrected chi connectivity index (χ3v) is 5.07. The topological polar surface area (TPSA) is 46.3 Å². The van der Waals surface area contributed by atoms with E-state index in [1.807, 2.05) is 23.1 Å². The number of hydrogen-bond acceptors (Lipinski definition) is 2. The van der Waals surface area contributed by atoms with Crippen LogP contribution < -0.4 is 10.6 Å². The fraction of sp³-hybridized carbons (Fsp3) is 0.611. The molecule has 2 N–H and O–H groups in total. The van der Waals surface area contributed by atoms with Crippen LogP contribution in [0.15, 0.2) is 24.3 Å². The molecule has 1 fully saturated rings. The first-order chi connectivity index (χ1) is 10.3. The summed E-state index contributed by atoms with van der Waals surface area (Å²) in [7, 11) is 0. The molecule has 0 spiro atoms. The van der Waals surface area contributed by atoms with Crippen LogP contribution in [0.3, 0.4) is 0 Å². The first-order valence-electron chi connectivity index (χ1n) is 8.40. The van der Waals surface area contributed by atoms with E-state index in [4.69, 9.17) is 5.73 Å². The van der Waals surface area contributed by atoms with E-state index in [1.165, 1.54) is 25.7 Å². The Morgan fingerprint density at radius 1 is 1.14 bits per heavy atom. The summed E-state index contributed by atoms with van der Waals surface area (Å²) in [6.07, 6.45) is 9.02. The Hall–Kier alpha value is -1.35. The molecule has 1 aromatic rings. The monoisotopic (exact) mass is 286 g/mol. The van der Waals surface area contributed by atoms with Gasteiger partial charge in [0, 0.05) is 24.7 Å². The van der Waals surface area contributed by atoms with Crippen LogP contribution in [0.1, 0.15) is 63.0 Å². The zero-order chi connectivity index (χ0) is 14.7. The lowest BCUT2D eigenvalue weighted by atomic mass is 10.0. The van der Waals surface area contributed by atoms with Gasteiger partial charge in [-0.25, -0.2) is 0 Å². The summed E-state index contributed by atoms with van der Waals surface area (Å²) in [5.74, 6) is 1.06. The quantitative estimate of drug-likeness (QED) is 0.919. The Morgan fingerprint density at radius 3 is 2.71 bits per heavy atom. The van der Waals surface area contributed by atoms with Gasteiger partial charge in [0.05, 0.1) is 0 Å². The van der Waals surface area contributed by atoms with E-state index in [0.717, 1.165) is 43.0 Å². The maximum atomic E-state index is 12.7. The summed E-state index contributed by atoms with van der Waals surface area (Å²) in [4.78, 5) is 14.6. The SMILES string of the molecule is NC1CCCN(C(=O)CCC2CCCC2)c2ccccc21. The predicted octanol–water partition coefficient (Wildman–Crippen LogP) is 3.78. The van der Waals surface area contributed by atoms with Gasteiger partial charge in [0.15, 0.2) is 0 Å². The Bertz CT molecular complexity index is 494. The van der Waals surface area contributed by atoms with E-state index in [-0.39, 0.29) is 11.9 Å². The summed E-state index contributed by atoms with van der Waals surface area (Å²) in [6.45, 7) is 0.814. The van der Waals surface area contributed by atoms with Crippen LogP contribution in [0.5, 0.6) is 0 Å². The highest BCUT2D eigenvalue weighted by Gasteiger charge is 2.25. The van der Waals surface area contributed by atoms with Crippen molar-refractivity contribution in [3.05, 3.63) is 29.8 Å². The van der Waals surface area contributed by atoms with Gasteiger partial charge in [0.1, 0.15) is 0 Å². The first-order valence-corrected chi connectivity index (χ1v) is 8.40. The molecular formula is C18H26N2O.